The maximum atomic E-state index is 13.7. The number of nitrogens with zero attached hydrogens (tertiary/aromatic N) is 3. The summed E-state index contributed by atoms with van der Waals surface area (Å²) in [5.41, 5.74) is 2.30. The first kappa shape index (κ1) is 26.8. The number of hydrogen-bond donors (Lipinski definition) is 0. The minimum atomic E-state index is -0.164. The van der Waals surface area contributed by atoms with Gasteiger partial charge in [-0.15, -0.1) is 0 Å². The molecular weight excluding hydrogens is 458 g/mol. The molecule has 8 nitrogen and oxygen atoms in total. The summed E-state index contributed by atoms with van der Waals surface area (Å²) in [4.78, 5) is 21.8. The van der Waals surface area contributed by atoms with Gasteiger partial charge in [0, 0.05) is 38.1 Å². The van der Waals surface area contributed by atoms with Crippen molar-refractivity contribution in [2.75, 3.05) is 48.6 Å². The van der Waals surface area contributed by atoms with Gasteiger partial charge >= 0.3 is 0 Å². The predicted molar refractivity (Wildman–Crippen MR) is 139 cm³/mol. The topological polar surface area (TPSA) is 73.4 Å². The predicted octanol–water partition coefficient (Wildman–Crippen LogP) is 4.28. The minimum Gasteiger partial charge on any atom is -0.497 e. The van der Waals surface area contributed by atoms with Crippen LogP contribution in [0, 0.1) is 0 Å². The van der Waals surface area contributed by atoms with Crippen molar-refractivity contribution in [3.63, 3.8) is 0 Å². The van der Waals surface area contributed by atoms with Gasteiger partial charge in [0.25, 0.3) is 5.91 Å². The molecule has 0 N–H and O–H groups in total. The molecule has 0 aliphatic heterocycles. The summed E-state index contributed by atoms with van der Waals surface area (Å²) in [5.74, 6) is 2.22. The van der Waals surface area contributed by atoms with Crippen molar-refractivity contribution in [3.8, 4) is 23.0 Å². The van der Waals surface area contributed by atoms with Crippen LogP contribution in [0.1, 0.15) is 27.9 Å². The highest BCUT2D eigenvalue weighted by Gasteiger charge is 2.22. The summed E-state index contributed by atoms with van der Waals surface area (Å²) in [6, 6.07) is 14.8. The Kier molecular flexibility index (Phi) is 9.94. The molecule has 1 aromatic heterocycles. The maximum absolute atomic E-state index is 13.7. The Bertz CT molecular complexity index is 1120. The van der Waals surface area contributed by atoms with E-state index < -0.39 is 0 Å². The fraction of sp³-hybridized carbons (Fsp3) is 0.357. The van der Waals surface area contributed by atoms with Gasteiger partial charge in [-0.05, 0) is 62.0 Å². The summed E-state index contributed by atoms with van der Waals surface area (Å²) >= 11 is 0. The van der Waals surface area contributed by atoms with Crippen LogP contribution in [-0.4, -0.2) is 69.3 Å². The molecule has 0 radical (unpaired) electrons. The van der Waals surface area contributed by atoms with Crippen LogP contribution >= 0.6 is 0 Å². The van der Waals surface area contributed by atoms with E-state index in [0.29, 0.717) is 48.3 Å². The van der Waals surface area contributed by atoms with E-state index in [9.17, 15) is 4.79 Å². The summed E-state index contributed by atoms with van der Waals surface area (Å²) < 4.78 is 22.3. The molecule has 0 aliphatic rings. The smallest absolute Gasteiger partial charge is 0.258 e. The standard InChI is InChI=1S/C28H35N3O5/c1-30(2)14-7-15-36-27-16-21(9-12-25(27)34-4)19-31(20-22-8-6-13-29-18-22)28(32)24-11-10-23(33-3)17-26(24)35-5/h6,8-13,16-18H,7,14-15,19-20H2,1-5H3. The first-order valence-electron chi connectivity index (χ1n) is 11.8. The van der Waals surface area contributed by atoms with Gasteiger partial charge < -0.3 is 28.7 Å². The van der Waals surface area contributed by atoms with Gasteiger partial charge in [0.1, 0.15) is 11.5 Å². The first-order chi connectivity index (χ1) is 17.4. The summed E-state index contributed by atoms with van der Waals surface area (Å²) in [6.45, 7) is 2.24. The monoisotopic (exact) mass is 493 g/mol. The quantitative estimate of drug-likeness (QED) is 0.329. The van der Waals surface area contributed by atoms with Crippen molar-refractivity contribution in [2.45, 2.75) is 19.5 Å². The van der Waals surface area contributed by atoms with E-state index in [2.05, 4.69) is 9.88 Å². The van der Waals surface area contributed by atoms with Crippen molar-refractivity contribution in [2.24, 2.45) is 0 Å². The van der Waals surface area contributed by atoms with E-state index in [1.165, 1.54) is 0 Å². The van der Waals surface area contributed by atoms with Crippen molar-refractivity contribution in [3.05, 3.63) is 77.6 Å². The Balaban J connectivity index is 1.88. The molecule has 0 aliphatic carbocycles. The van der Waals surface area contributed by atoms with E-state index in [1.54, 1.807) is 56.8 Å². The summed E-state index contributed by atoms with van der Waals surface area (Å²) in [5, 5.41) is 0. The third-order valence-electron chi connectivity index (χ3n) is 5.63. The molecule has 0 atom stereocenters. The molecule has 0 bridgehead atoms. The van der Waals surface area contributed by atoms with Gasteiger partial charge in [-0.25, -0.2) is 0 Å². The second-order valence-corrected chi connectivity index (χ2v) is 8.58. The second kappa shape index (κ2) is 13.3. The summed E-state index contributed by atoms with van der Waals surface area (Å²) in [6.07, 6.45) is 4.37. The lowest BCUT2D eigenvalue weighted by Crippen LogP contribution is -2.30. The molecule has 3 rings (SSSR count). The summed E-state index contributed by atoms with van der Waals surface area (Å²) in [7, 11) is 8.81. The fourth-order valence-electron chi connectivity index (χ4n) is 3.77. The SMILES string of the molecule is COc1ccc(C(=O)N(Cc2cccnc2)Cc2ccc(OC)c(OCCCN(C)C)c2)c(OC)c1. The Morgan fingerprint density at radius 3 is 2.31 bits per heavy atom. The van der Waals surface area contributed by atoms with Crippen LogP contribution < -0.4 is 18.9 Å². The molecule has 36 heavy (non-hydrogen) atoms. The lowest BCUT2D eigenvalue weighted by Gasteiger charge is -2.24. The Morgan fingerprint density at radius 1 is 0.861 bits per heavy atom. The lowest BCUT2D eigenvalue weighted by atomic mass is 10.1. The zero-order valence-electron chi connectivity index (χ0n) is 21.7. The van der Waals surface area contributed by atoms with Crippen LogP contribution in [-0.2, 0) is 13.1 Å². The number of hydrogen-bond acceptors (Lipinski definition) is 7. The van der Waals surface area contributed by atoms with Gasteiger partial charge in [-0.2, -0.15) is 0 Å². The largest absolute Gasteiger partial charge is 0.497 e. The van der Waals surface area contributed by atoms with Crippen LogP contribution in [0.3, 0.4) is 0 Å². The van der Waals surface area contributed by atoms with Crippen LogP contribution in [0.2, 0.25) is 0 Å². The van der Waals surface area contributed by atoms with E-state index >= 15 is 0 Å². The zero-order valence-corrected chi connectivity index (χ0v) is 21.7. The van der Waals surface area contributed by atoms with Gasteiger partial charge in [0.15, 0.2) is 11.5 Å². The van der Waals surface area contributed by atoms with Crippen molar-refractivity contribution < 1.29 is 23.7 Å². The van der Waals surface area contributed by atoms with Crippen LogP contribution in [0.25, 0.3) is 0 Å². The number of methoxy groups -OCH3 is 3. The molecule has 0 spiro atoms. The van der Waals surface area contributed by atoms with Crippen LogP contribution in [0.15, 0.2) is 60.9 Å². The van der Waals surface area contributed by atoms with Crippen molar-refractivity contribution >= 4 is 5.91 Å². The number of rotatable bonds is 13. The average molecular weight is 494 g/mol. The van der Waals surface area contributed by atoms with Crippen LogP contribution in [0.5, 0.6) is 23.0 Å². The normalized spacial score (nSPS) is 10.7. The number of ether oxygens (including phenoxy) is 4. The molecule has 0 saturated carbocycles. The average Bonchev–Trinajstić information content (AvgIpc) is 2.90. The highest BCUT2D eigenvalue weighted by molar-refractivity contribution is 5.97. The molecule has 8 heteroatoms. The highest BCUT2D eigenvalue weighted by atomic mass is 16.5. The molecule has 2 aromatic carbocycles. The Hall–Kier alpha value is -3.78. The molecule has 0 saturated heterocycles. The van der Waals surface area contributed by atoms with Crippen molar-refractivity contribution in [1.29, 1.82) is 0 Å². The van der Waals surface area contributed by atoms with E-state index in [0.717, 1.165) is 24.1 Å². The van der Waals surface area contributed by atoms with Crippen LogP contribution in [0.4, 0.5) is 0 Å². The van der Waals surface area contributed by atoms with Gasteiger partial charge in [-0.3, -0.25) is 9.78 Å². The number of benzene rings is 2. The third-order valence-corrected chi connectivity index (χ3v) is 5.63. The molecular formula is C28H35N3O5. The number of carbonyl (C=O) groups is 1. The lowest BCUT2D eigenvalue weighted by molar-refractivity contribution is 0.0726. The second-order valence-electron chi connectivity index (χ2n) is 8.58. The molecule has 1 heterocycles. The first-order valence-corrected chi connectivity index (χ1v) is 11.8. The maximum Gasteiger partial charge on any atom is 0.258 e. The minimum absolute atomic E-state index is 0.164. The number of carbonyl (C=O) groups excluding carboxylic acids is 1. The number of amides is 1. The van der Waals surface area contributed by atoms with E-state index in [1.807, 2.05) is 44.4 Å². The number of pyridine rings is 1. The fourth-order valence-corrected chi connectivity index (χ4v) is 3.77. The van der Waals surface area contributed by atoms with E-state index in [4.69, 9.17) is 18.9 Å². The molecule has 1 amide bonds. The third kappa shape index (κ3) is 7.36. The van der Waals surface area contributed by atoms with Gasteiger partial charge in [0.2, 0.25) is 0 Å². The Morgan fingerprint density at radius 2 is 1.64 bits per heavy atom. The van der Waals surface area contributed by atoms with Crippen molar-refractivity contribution in [1.82, 2.24) is 14.8 Å². The molecule has 3 aromatic rings. The Labute approximate surface area is 213 Å². The molecule has 0 fully saturated rings. The highest BCUT2D eigenvalue weighted by Crippen LogP contribution is 2.30. The molecule has 192 valence electrons. The van der Waals surface area contributed by atoms with Gasteiger partial charge in [0.05, 0.1) is 33.5 Å². The zero-order chi connectivity index (χ0) is 25.9. The number of aromatic nitrogens is 1. The van der Waals surface area contributed by atoms with Gasteiger partial charge in [-0.1, -0.05) is 12.1 Å². The van der Waals surface area contributed by atoms with E-state index in [-0.39, 0.29) is 5.91 Å². The molecule has 0 unspecified atom stereocenters.